The van der Waals surface area contributed by atoms with Crippen molar-refractivity contribution in [3.8, 4) is 136 Å². The van der Waals surface area contributed by atoms with Crippen molar-refractivity contribution in [2.24, 2.45) is 0 Å². The third kappa shape index (κ3) is 15.1. The van der Waals surface area contributed by atoms with Crippen LogP contribution in [0.5, 0.6) is 0 Å². The molecule has 21 aromatic carbocycles. The van der Waals surface area contributed by atoms with E-state index >= 15 is 0 Å². The minimum absolute atomic E-state index is 0.623. The number of benzene rings is 21. The van der Waals surface area contributed by atoms with Gasteiger partial charge in [-0.2, -0.15) is 0 Å². The standard InChI is InChI=1S/C45H27N3O.C41H25N3O.C37H23N3O/c1-3-11-30-23-34(19-17-28(30)9-1)43-46-44(35-20-18-29-10-2-4-12-31(29)24-35)48-45(47-43)36-25-32-13-5-6-14-37(32)40(26-36)33-21-22-39-38-15-7-8-16-41(38)49-42(39)27-33;1-2-11-27(12-3-1)39-42-40(31-19-18-26-10-4-5-13-28(26)22-31)44-41(43-39)32-23-29-14-6-7-15-33(29)36(24-32)30-20-21-35-34-16-8-9-17-37(34)45-38(35)25-30;1-3-10-24(11-4-1)35-38-36(25-12-5-2-6-13-25)40-37(39-35)28-18-20-30-26(22-28)14-9-16-29(30)27-19-21-34-32(23-27)31-15-7-8-17-33(31)41-34/h1-27H;1-25H;1-23H. The summed E-state index contributed by atoms with van der Waals surface area (Å²) < 4.78 is 18.6. The number of furan rings is 3. The molecular weight excluding hydrogens is 1650 g/mol. The van der Waals surface area contributed by atoms with E-state index in [9.17, 15) is 0 Å². The van der Waals surface area contributed by atoms with E-state index in [-0.39, 0.29) is 0 Å². The van der Waals surface area contributed by atoms with Crippen LogP contribution in [0.2, 0.25) is 0 Å². The van der Waals surface area contributed by atoms with Gasteiger partial charge in [-0.15, -0.1) is 0 Å². The quantitative estimate of drug-likeness (QED) is 0.114. The second kappa shape index (κ2) is 33.6. The fraction of sp³-hybridized carbons (Fsp3) is 0. The van der Waals surface area contributed by atoms with E-state index < -0.39 is 0 Å². The van der Waals surface area contributed by atoms with Crippen LogP contribution in [0.3, 0.4) is 0 Å². The molecule has 0 radical (unpaired) electrons. The molecular formula is C123H75N9O3. The summed E-state index contributed by atoms with van der Waals surface area (Å²) in [6.45, 7) is 0. The normalized spacial score (nSPS) is 11.6. The summed E-state index contributed by atoms with van der Waals surface area (Å²) in [4.78, 5) is 45.1. The third-order valence-electron chi connectivity index (χ3n) is 25.5. The smallest absolute Gasteiger partial charge is 0.164 e. The van der Waals surface area contributed by atoms with Gasteiger partial charge in [0.2, 0.25) is 0 Å². The number of rotatable bonds is 12. The summed E-state index contributed by atoms with van der Waals surface area (Å²) >= 11 is 0. The van der Waals surface area contributed by atoms with Crippen LogP contribution in [-0.2, 0) is 0 Å². The van der Waals surface area contributed by atoms with Crippen molar-refractivity contribution in [1.82, 2.24) is 44.9 Å². The molecule has 630 valence electrons. The molecule has 0 fully saturated rings. The molecule has 27 rings (SSSR count). The van der Waals surface area contributed by atoms with Gasteiger partial charge < -0.3 is 13.3 Å². The number of hydrogen-bond acceptors (Lipinski definition) is 12. The van der Waals surface area contributed by atoms with Gasteiger partial charge in [-0.3, -0.25) is 0 Å². The molecule has 12 heteroatoms. The summed E-state index contributed by atoms with van der Waals surface area (Å²) in [6, 6.07) is 157. The summed E-state index contributed by atoms with van der Waals surface area (Å²) in [5.74, 6) is 5.77. The van der Waals surface area contributed by atoms with Crippen molar-refractivity contribution in [2.45, 2.75) is 0 Å². The Labute approximate surface area is 774 Å². The Morgan fingerprint density at radius 1 is 0.111 bits per heavy atom. The predicted octanol–water partition coefficient (Wildman–Crippen LogP) is 32.2. The van der Waals surface area contributed by atoms with Crippen molar-refractivity contribution in [3.05, 3.63) is 455 Å². The van der Waals surface area contributed by atoms with Crippen LogP contribution in [0.4, 0.5) is 0 Å². The number of fused-ring (bicyclic) bond motifs is 15. The zero-order valence-electron chi connectivity index (χ0n) is 72.6. The van der Waals surface area contributed by atoms with Gasteiger partial charge in [0.1, 0.15) is 33.5 Å². The Morgan fingerprint density at radius 2 is 0.356 bits per heavy atom. The van der Waals surface area contributed by atoms with E-state index in [1.165, 1.54) is 27.1 Å². The second-order valence-electron chi connectivity index (χ2n) is 33.9. The summed E-state index contributed by atoms with van der Waals surface area (Å²) in [5, 5.41) is 20.5. The van der Waals surface area contributed by atoms with Gasteiger partial charge in [-0.25, -0.2) is 44.9 Å². The van der Waals surface area contributed by atoms with E-state index in [0.717, 1.165) is 187 Å². The van der Waals surface area contributed by atoms with Crippen LogP contribution < -0.4 is 0 Å². The number of para-hydroxylation sites is 3. The maximum atomic E-state index is 6.30. The molecule has 0 aliphatic heterocycles. The average Bonchev–Trinajstić information content (AvgIpc) is 0.946. The Hall–Kier alpha value is -18.4. The van der Waals surface area contributed by atoms with Crippen LogP contribution in [0.15, 0.2) is 468 Å². The molecule has 0 atom stereocenters. The Balaban J connectivity index is 0.000000108. The van der Waals surface area contributed by atoms with Crippen LogP contribution in [-0.4, -0.2) is 44.9 Å². The highest BCUT2D eigenvalue weighted by Crippen LogP contribution is 2.44. The first-order valence-corrected chi connectivity index (χ1v) is 45.1. The van der Waals surface area contributed by atoms with Crippen molar-refractivity contribution in [3.63, 3.8) is 0 Å². The molecule has 135 heavy (non-hydrogen) atoms. The van der Waals surface area contributed by atoms with Gasteiger partial charge in [0.15, 0.2) is 52.4 Å². The Morgan fingerprint density at radius 3 is 0.756 bits per heavy atom. The van der Waals surface area contributed by atoms with Gasteiger partial charge >= 0.3 is 0 Å². The lowest BCUT2D eigenvalue weighted by Crippen LogP contribution is -2.00. The van der Waals surface area contributed by atoms with Crippen molar-refractivity contribution >= 4 is 130 Å². The molecule has 0 saturated carbocycles. The van der Waals surface area contributed by atoms with Crippen molar-refractivity contribution < 1.29 is 13.3 Å². The first-order valence-electron chi connectivity index (χ1n) is 45.1. The molecule has 0 spiro atoms. The monoisotopic (exact) mass is 1730 g/mol. The summed E-state index contributed by atoms with van der Waals surface area (Å²) in [7, 11) is 0. The van der Waals surface area contributed by atoms with Crippen molar-refractivity contribution in [2.75, 3.05) is 0 Å². The number of nitrogens with zero attached hydrogens (tertiary/aromatic N) is 9. The van der Waals surface area contributed by atoms with Crippen molar-refractivity contribution in [1.29, 1.82) is 0 Å². The Kier molecular flexibility index (Phi) is 19.6. The van der Waals surface area contributed by atoms with Crippen LogP contribution in [0.25, 0.3) is 266 Å². The fourth-order valence-electron chi connectivity index (χ4n) is 18.7. The molecule has 0 unspecified atom stereocenters. The topological polar surface area (TPSA) is 155 Å². The highest BCUT2D eigenvalue weighted by Gasteiger charge is 2.23. The minimum Gasteiger partial charge on any atom is -0.456 e. The van der Waals surface area contributed by atoms with Crippen LogP contribution in [0.1, 0.15) is 0 Å². The zero-order chi connectivity index (χ0) is 89.2. The van der Waals surface area contributed by atoms with E-state index in [0.29, 0.717) is 52.4 Å². The fourth-order valence-corrected chi connectivity index (χ4v) is 18.7. The summed E-state index contributed by atoms with van der Waals surface area (Å²) in [5.41, 5.74) is 20.5. The average molecular weight is 1730 g/mol. The number of hydrogen-bond donors (Lipinski definition) is 0. The molecule has 0 bridgehead atoms. The molecule has 12 nitrogen and oxygen atoms in total. The minimum atomic E-state index is 0.623. The second-order valence-corrected chi connectivity index (χ2v) is 33.9. The lowest BCUT2D eigenvalue weighted by atomic mass is 9.94. The highest BCUT2D eigenvalue weighted by molar-refractivity contribution is 6.12. The predicted molar refractivity (Wildman–Crippen MR) is 552 cm³/mol. The van der Waals surface area contributed by atoms with E-state index in [2.05, 4.69) is 322 Å². The zero-order valence-corrected chi connectivity index (χ0v) is 72.6. The largest absolute Gasteiger partial charge is 0.456 e. The SMILES string of the molecule is c1ccc(-c2nc(-c3ccc4ccccc4c3)nc(-c3cc(-c4ccc5c(c4)oc4ccccc45)c4ccccc4c3)n2)cc1.c1ccc(-c2nc(-c3ccccc3)nc(-c3ccc4c(-c5ccc6oc7ccccc7c6c5)cccc4c3)n2)cc1.c1ccc2cc(-c3nc(-c4ccc5ccccc5c4)nc(-c4cc(-c5ccc6c(c5)oc5ccccc56)c5ccccc5c4)n3)ccc2c1. The molecule has 27 aromatic rings. The van der Waals surface area contributed by atoms with Crippen LogP contribution in [0, 0.1) is 0 Å². The molecule has 0 amide bonds. The molecule has 0 aliphatic rings. The van der Waals surface area contributed by atoms with E-state index in [4.69, 9.17) is 58.1 Å². The molecule has 6 aromatic heterocycles. The third-order valence-corrected chi connectivity index (χ3v) is 25.5. The molecule has 6 heterocycles. The summed E-state index contributed by atoms with van der Waals surface area (Å²) in [6.07, 6.45) is 0. The van der Waals surface area contributed by atoms with Crippen LogP contribution >= 0.6 is 0 Å². The van der Waals surface area contributed by atoms with Gasteiger partial charge in [-0.1, -0.05) is 352 Å². The van der Waals surface area contributed by atoms with E-state index in [1.807, 2.05) is 133 Å². The van der Waals surface area contributed by atoms with Gasteiger partial charge in [0.25, 0.3) is 0 Å². The first kappa shape index (κ1) is 78.8. The molecule has 0 N–H and O–H groups in total. The first-order chi connectivity index (χ1) is 66.8. The highest BCUT2D eigenvalue weighted by atomic mass is 16.3. The van der Waals surface area contributed by atoms with Gasteiger partial charge in [0.05, 0.1) is 0 Å². The maximum absolute atomic E-state index is 6.30. The van der Waals surface area contributed by atoms with E-state index in [1.54, 1.807) is 0 Å². The molecule has 0 aliphatic carbocycles. The lowest BCUT2D eigenvalue weighted by Gasteiger charge is -2.13. The lowest BCUT2D eigenvalue weighted by molar-refractivity contribution is 0.668. The molecule has 0 saturated heterocycles. The maximum Gasteiger partial charge on any atom is 0.164 e. The van der Waals surface area contributed by atoms with Gasteiger partial charge in [0, 0.05) is 82.4 Å². The van der Waals surface area contributed by atoms with Gasteiger partial charge in [-0.05, 0) is 201 Å². The number of aromatic nitrogens is 9. The Bertz CT molecular complexity index is 9200.